The van der Waals surface area contributed by atoms with Crippen LogP contribution in [0, 0.1) is 13.8 Å². The minimum absolute atomic E-state index is 0.0926. The van der Waals surface area contributed by atoms with Crippen LogP contribution in [0.2, 0.25) is 0 Å². The van der Waals surface area contributed by atoms with Crippen molar-refractivity contribution in [3.63, 3.8) is 0 Å². The predicted octanol–water partition coefficient (Wildman–Crippen LogP) is 3.89. The number of rotatable bonds is 3. The van der Waals surface area contributed by atoms with Crippen LogP contribution >= 0.6 is 0 Å². The molecule has 0 saturated heterocycles. The topological polar surface area (TPSA) is 48.8 Å². The zero-order valence-electron chi connectivity index (χ0n) is 9.78. The minimum atomic E-state index is -0.0926. The van der Waals surface area contributed by atoms with E-state index in [0.717, 1.165) is 0 Å². The van der Waals surface area contributed by atoms with E-state index in [1.54, 1.807) is 0 Å². The molecule has 0 radical (unpaired) electrons. The molecule has 0 saturated carbocycles. The van der Waals surface area contributed by atoms with Gasteiger partial charge >= 0.3 is 0 Å². The Bertz CT molecular complexity index is 401. The van der Waals surface area contributed by atoms with Crippen LogP contribution in [0.1, 0.15) is 30.5 Å². The first-order valence-electron chi connectivity index (χ1n) is 5.06. The van der Waals surface area contributed by atoms with Crippen LogP contribution in [0.15, 0.2) is 23.3 Å². The molecule has 15 heavy (non-hydrogen) atoms. The van der Waals surface area contributed by atoms with E-state index in [2.05, 4.69) is 55.9 Å². The summed E-state index contributed by atoms with van der Waals surface area (Å²) in [4.78, 5) is 2.81. The van der Waals surface area contributed by atoms with Gasteiger partial charge in [-0.3, -0.25) is 0 Å². The Balaban J connectivity index is 3.04. The molecule has 1 rings (SSSR count). The van der Waals surface area contributed by atoms with Crippen molar-refractivity contribution >= 4 is 0 Å². The van der Waals surface area contributed by atoms with Crippen molar-refractivity contribution in [3.05, 3.63) is 45.3 Å². The van der Waals surface area contributed by atoms with Crippen LogP contribution in [-0.4, -0.2) is 6.54 Å². The molecule has 0 fully saturated rings. The second-order valence-corrected chi connectivity index (χ2v) is 4.57. The van der Waals surface area contributed by atoms with Gasteiger partial charge in [0.15, 0.2) is 0 Å². The van der Waals surface area contributed by atoms with Crippen LogP contribution in [0.5, 0.6) is 0 Å². The summed E-state index contributed by atoms with van der Waals surface area (Å²) < 4.78 is 0. The fourth-order valence-electron chi connectivity index (χ4n) is 1.46. The van der Waals surface area contributed by atoms with E-state index in [1.165, 1.54) is 16.7 Å². The van der Waals surface area contributed by atoms with Crippen molar-refractivity contribution in [3.8, 4) is 0 Å². The molecule has 0 spiro atoms. The SMILES string of the molecule is Cc1ccc(C(C)(C)CN=[N+]=[N-])cc1C. The Hall–Kier alpha value is -1.47. The molecule has 3 heteroatoms. The summed E-state index contributed by atoms with van der Waals surface area (Å²) in [5.41, 5.74) is 12.0. The Labute approximate surface area is 90.8 Å². The van der Waals surface area contributed by atoms with Crippen molar-refractivity contribution in [2.45, 2.75) is 33.1 Å². The van der Waals surface area contributed by atoms with Gasteiger partial charge in [0, 0.05) is 11.5 Å². The van der Waals surface area contributed by atoms with E-state index in [9.17, 15) is 0 Å². The number of nitrogens with zero attached hydrogens (tertiary/aromatic N) is 3. The van der Waals surface area contributed by atoms with E-state index < -0.39 is 0 Å². The fraction of sp³-hybridized carbons (Fsp3) is 0.500. The Morgan fingerprint density at radius 2 is 1.93 bits per heavy atom. The highest BCUT2D eigenvalue weighted by Crippen LogP contribution is 2.25. The summed E-state index contributed by atoms with van der Waals surface area (Å²) in [6.45, 7) is 8.87. The summed E-state index contributed by atoms with van der Waals surface area (Å²) in [5.74, 6) is 0. The third-order valence-corrected chi connectivity index (χ3v) is 2.82. The van der Waals surface area contributed by atoms with Crippen LogP contribution in [0.4, 0.5) is 0 Å². The van der Waals surface area contributed by atoms with Crippen molar-refractivity contribution in [1.82, 2.24) is 0 Å². The lowest BCUT2D eigenvalue weighted by Gasteiger charge is -2.23. The van der Waals surface area contributed by atoms with Gasteiger partial charge in [0.2, 0.25) is 0 Å². The van der Waals surface area contributed by atoms with Crippen LogP contribution in [0.3, 0.4) is 0 Å². The molecule has 1 aromatic rings. The molecule has 1 aromatic carbocycles. The van der Waals surface area contributed by atoms with E-state index >= 15 is 0 Å². The second kappa shape index (κ2) is 4.37. The molecule has 0 bridgehead atoms. The van der Waals surface area contributed by atoms with Crippen molar-refractivity contribution in [2.75, 3.05) is 6.54 Å². The van der Waals surface area contributed by atoms with Gasteiger partial charge in [-0.2, -0.15) is 0 Å². The average Bonchev–Trinajstić information content (AvgIpc) is 2.19. The highest BCUT2D eigenvalue weighted by molar-refractivity contribution is 5.34. The molecule has 80 valence electrons. The van der Waals surface area contributed by atoms with Gasteiger partial charge in [-0.15, -0.1) is 0 Å². The Morgan fingerprint density at radius 3 is 2.47 bits per heavy atom. The summed E-state index contributed by atoms with van der Waals surface area (Å²) in [7, 11) is 0. The van der Waals surface area contributed by atoms with E-state index in [4.69, 9.17) is 5.53 Å². The number of hydrogen-bond acceptors (Lipinski definition) is 1. The quantitative estimate of drug-likeness (QED) is 0.406. The van der Waals surface area contributed by atoms with Crippen LogP contribution in [-0.2, 0) is 5.41 Å². The van der Waals surface area contributed by atoms with E-state index in [1.807, 2.05) is 0 Å². The molecule has 0 aliphatic heterocycles. The maximum Gasteiger partial charge on any atom is 0.0349 e. The van der Waals surface area contributed by atoms with Gasteiger partial charge in [-0.05, 0) is 41.5 Å². The number of azide groups is 1. The molecule has 0 aromatic heterocycles. The molecule has 0 atom stereocenters. The molecule has 0 heterocycles. The molecular weight excluding hydrogens is 186 g/mol. The van der Waals surface area contributed by atoms with Gasteiger partial charge in [0.25, 0.3) is 0 Å². The number of hydrogen-bond donors (Lipinski definition) is 0. The average molecular weight is 203 g/mol. The summed E-state index contributed by atoms with van der Waals surface area (Å²) >= 11 is 0. The molecular formula is C12H17N3. The van der Waals surface area contributed by atoms with Gasteiger partial charge in [-0.25, -0.2) is 0 Å². The molecule has 0 aliphatic rings. The largest absolute Gasteiger partial charge is 0.0931 e. The lowest BCUT2D eigenvalue weighted by molar-refractivity contribution is 0.537. The zero-order valence-corrected chi connectivity index (χ0v) is 9.78. The van der Waals surface area contributed by atoms with E-state index in [0.29, 0.717) is 6.54 Å². The minimum Gasteiger partial charge on any atom is -0.0931 e. The monoisotopic (exact) mass is 203 g/mol. The molecule has 0 unspecified atom stereocenters. The Morgan fingerprint density at radius 1 is 1.27 bits per heavy atom. The third-order valence-electron chi connectivity index (χ3n) is 2.82. The smallest absolute Gasteiger partial charge is 0.0349 e. The predicted molar refractivity (Wildman–Crippen MR) is 63.0 cm³/mol. The van der Waals surface area contributed by atoms with Crippen molar-refractivity contribution in [2.24, 2.45) is 5.11 Å². The number of benzene rings is 1. The molecule has 0 amide bonds. The van der Waals surface area contributed by atoms with Crippen LogP contribution in [0.25, 0.3) is 10.4 Å². The maximum absolute atomic E-state index is 8.33. The first-order valence-corrected chi connectivity index (χ1v) is 5.06. The summed E-state index contributed by atoms with van der Waals surface area (Å²) in [5, 5.41) is 3.65. The first kappa shape index (κ1) is 11.6. The summed E-state index contributed by atoms with van der Waals surface area (Å²) in [6.07, 6.45) is 0. The third kappa shape index (κ3) is 2.74. The molecule has 0 N–H and O–H groups in total. The number of aryl methyl sites for hydroxylation is 2. The standard InChI is InChI=1S/C12H17N3/c1-9-5-6-11(7-10(9)2)12(3,4)8-14-15-13/h5-7H,8H2,1-4H3. The highest BCUT2D eigenvalue weighted by Gasteiger charge is 2.19. The van der Waals surface area contributed by atoms with Gasteiger partial charge in [-0.1, -0.05) is 37.2 Å². The molecule has 0 aliphatic carbocycles. The lowest BCUT2D eigenvalue weighted by Crippen LogP contribution is -2.21. The van der Waals surface area contributed by atoms with E-state index in [-0.39, 0.29) is 5.41 Å². The van der Waals surface area contributed by atoms with Crippen molar-refractivity contribution < 1.29 is 0 Å². The maximum atomic E-state index is 8.33. The second-order valence-electron chi connectivity index (χ2n) is 4.57. The normalized spacial score (nSPS) is 10.9. The fourth-order valence-corrected chi connectivity index (χ4v) is 1.46. The Kier molecular flexibility index (Phi) is 3.38. The van der Waals surface area contributed by atoms with Crippen molar-refractivity contribution in [1.29, 1.82) is 0 Å². The molecule has 3 nitrogen and oxygen atoms in total. The van der Waals surface area contributed by atoms with Gasteiger partial charge in [0.05, 0.1) is 0 Å². The highest BCUT2D eigenvalue weighted by atomic mass is 15.1. The van der Waals surface area contributed by atoms with Gasteiger partial charge in [0.1, 0.15) is 0 Å². The first-order chi connectivity index (χ1) is 6.97. The zero-order chi connectivity index (χ0) is 11.5. The van der Waals surface area contributed by atoms with Crippen LogP contribution < -0.4 is 0 Å². The van der Waals surface area contributed by atoms with Gasteiger partial charge < -0.3 is 0 Å². The summed E-state index contributed by atoms with van der Waals surface area (Å²) in [6, 6.07) is 6.39. The lowest BCUT2D eigenvalue weighted by atomic mass is 9.83.